The van der Waals surface area contributed by atoms with Gasteiger partial charge >= 0.3 is 11.8 Å². The number of amides is 2. The molecule has 1 aliphatic rings. The van der Waals surface area contributed by atoms with Crippen molar-refractivity contribution in [3.05, 3.63) is 71.3 Å². The Morgan fingerprint density at radius 2 is 1.71 bits per heavy atom. The van der Waals surface area contributed by atoms with Crippen molar-refractivity contribution in [2.45, 2.75) is 13.8 Å². The molecule has 0 spiro atoms. The maximum atomic E-state index is 12.5. The number of benzene rings is 2. The average Bonchev–Trinajstić information content (AvgIpc) is 2.71. The Hall–Kier alpha value is -2.92. The quantitative estimate of drug-likeness (QED) is 0.833. The van der Waals surface area contributed by atoms with Crippen molar-refractivity contribution < 1.29 is 9.59 Å². The summed E-state index contributed by atoms with van der Waals surface area (Å²) in [5.74, 6) is -1.02. The first-order valence-corrected chi connectivity index (χ1v) is 9.64. The normalized spacial score (nSPS) is 15.0. The first-order chi connectivity index (χ1) is 13.5. The van der Waals surface area contributed by atoms with Crippen molar-refractivity contribution in [2.75, 3.05) is 38.0 Å². The molecule has 0 saturated carbocycles. The van der Waals surface area contributed by atoms with Crippen molar-refractivity contribution in [1.82, 2.24) is 9.80 Å². The van der Waals surface area contributed by atoms with E-state index >= 15 is 0 Å². The summed E-state index contributed by atoms with van der Waals surface area (Å²) in [7, 11) is 0. The molecule has 1 fully saturated rings. The van der Waals surface area contributed by atoms with E-state index in [4.69, 9.17) is 0 Å². The predicted molar refractivity (Wildman–Crippen MR) is 113 cm³/mol. The molecular formula is C23H27N3O2. The van der Waals surface area contributed by atoms with Crippen LogP contribution in [0.25, 0.3) is 6.08 Å². The zero-order valence-corrected chi connectivity index (χ0v) is 16.5. The summed E-state index contributed by atoms with van der Waals surface area (Å²) in [6.45, 7) is 7.38. The van der Waals surface area contributed by atoms with Gasteiger partial charge in [0.1, 0.15) is 0 Å². The summed E-state index contributed by atoms with van der Waals surface area (Å²) in [6.07, 6.45) is 4.25. The molecule has 2 aromatic carbocycles. The summed E-state index contributed by atoms with van der Waals surface area (Å²) < 4.78 is 0. The molecule has 1 N–H and O–H groups in total. The maximum absolute atomic E-state index is 12.5. The lowest BCUT2D eigenvalue weighted by molar-refractivity contribution is -0.144. The number of rotatable bonds is 4. The van der Waals surface area contributed by atoms with Gasteiger partial charge in [0.05, 0.1) is 0 Å². The van der Waals surface area contributed by atoms with E-state index < -0.39 is 11.8 Å². The molecule has 3 rings (SSSR count). The number of anilines is 1. The van der Waals surface area contributed by atoms with Gasteiger partial charge in [0.15, 0.2) is 0 Å². The lowest BCUT2D eigenvalue weighted by atomic mass is 10.1. The second-order valence-electron chi connectivity index (χ2n) is 7.18. The zero-order chi connectivity index (χ0) is 19.9. The fourth-order valence-corrected chi connectivity index (χ4v) is 3.23. The number of hydrogen-bond donors (Lipinski definition) is 1. The van der Waals surface area contributed by atoms with E-state index in [2.05, 4.69) is 34.5 Å². The van der Waals surface area contributed by atoms with E-state index in [1.807, 2.05) is 50.2 Å². The van der Waals surface area contributed by atoms with Crippen molar-refractivity contribution in [3.8, 4) is 0 Å². The van der Waals surface area contributed by atoms with Crippen molar-refractivity contribution in [1.29, 1.82) is 0 Å². The summed E-state index contributed by atoms with van der Waals surface area (Å²) in [6, 6.07) is 16.0. The molecule has 0 bridgehead atoms. The molecular weight excluding hydrogens is 350 g/mol. The topological polar surface area (TPSA) is 52.7 Å². The van der Waals surface area contributed by atoms with Gasteiger partial charge in [0.25, 0.3) is 0 Å². The van der Waals surface area contributed by atoms with E-state index in [-0.39, 0.29) is 0 Å². The van der Waals surface area contributed by atoms with Crippen LogP contribution in [0.15, 0.2) is 54.6 Å². The smallest absolute Gasteiger partial charge is 0.313 e. The molecule has 0 radical (unpaired) electrons. The number of nitrogens with one attached hydrogen (secondary N) is 1. The fourth-order valence-electron chi connectivity index (χ4n) is 3.23. The molecule has 0 aliphatic carbocycles. The van der Waals surface area contributed by atoms with Gasteiger partial charge in [-0.2, -0.15) is 0 Å². The molecule has 5 heteroatoms. The van der Waals surface area contributed by atoms with Crippen LogP contribution in [0.4, 0.5) is 5.69 Å². The fraction of sp³-hybridized carbons (Fsp3) is 0.304. The Morgan fingerprint density at radius 1 is 1.00 bits per heavy atom. The minimum absolute atomic E-state index is 0.458. The third-order valence-corrected chi connectivity index (χ3v) is 4.97. The van der Waals surface area contributed by atoms with Crippen LogP contribution in [0.1, 0.15) is 16.7 Å². The number of aryl methyl sites for hydroxylation is 2. The molecule has 1 heterocycles. The van der Waals surface area contributed by atoms with Crippen molar-refractivity contribution in [3.63, 3.8) is 0 Å². The SMILES string of the molecule is Cc1ccc(C)c(NC(=O)C(=O)N2CCN(C/C=C/c3ccccc3)CC2)c1. The van der Waals surface area contributed by atoms with Gasteiger partial charge in [-0.3, -0.25) is 14.5 Å². The van der Waals surface area contributed by atoms with Gasteiger partial charge in [-0.15, -0.1) is 0 Å². The van der Waals surface area contributed by atoms with Crippen LogP contribution in [-0.4, -0.2) is 54.3 Å². The van der Waals surface area contributed by atoms with Crippen LogP contribution in [0.5, 0.6) is 0 Å². The van der Waals surface area contributed by atoms with Gasteiger partial charge in [0, 0.05) is 38.4 Å². The summed E-state index contributed by atoms with van der Waals surface area (Å²) in [5.41, 5.74) is 3.87. The largest absolute Gasteiger partial charge is 0.332 e. The lowest BCUT2D eigenvalue weighted by Crippen LogP contribution is -2.51. The Morgan fingerprint density at radius 3 is 2.43 bits per heavy atom. The van der Waals surface area contributed by atoms with Gasteiger partial charge in [0.2, 0.25) is 0 Å². The number of nitrogens with zero attached hydrogens (tertiary/aromatic N) is 2. The van der Waals surface area contributed by atoms with E-state index in [9.17, 15) is 9.59 Å². The second-order valence-corrected chi connectivity index (χ2v) is 7.18. The number of carbonyl (C=O) groups excluding carboxylic acids is 2. The third-order valence-electron chi connectivity index (χ3n) is 4.97. The number of carbonyl (C=O) groups is 2. The molecule has 2 amide bonds. The molecule has 2 aromatic rings. The Labute approximate surface area is 166 Å². The summed E-state index contributed by atoms with van der Waals surface area (Å²) in [4.78, 5) is 28.8. The molecule has 0 atom stereocenters. The molecule has 146 valence electrons. The Kier molecular flexibility index (Phi) is 6.61. The van der Waals surface area contributed by atoms with Crippen LogP contribution in [-0.2, 0) is 9.59 Å². The van der Waals surface area contributed by atoms with Crippen molar-refractivity contribution >= 4 is 23.6 Å². The highest BCUT2D eigenvalue weighted by Crippen LogP contribution is 2.16. The molecule has 5 nitrogen and oxygen atoms in total. The molecule has 0 unspecified atom stereocenters. The summed E-state index contributed by atoms with van der Waals surface area (Å²) in [5, 5.41) is 2.76. The van der Waals surface area contributed by atoms with Gasteiger partial charge in [-0.05, 0) is 36.6 Å². The van der Waals surface area contributed by atoms with Crippen LogP contribution < -0.4 is 5.32 Å². The van der Waals surface area contributed by atoms with Crippen LogP contribution in [0.3, 0.4) is 0 Å². The van der Waals surface area contributed by atoms with Gasteiger partial charge < -0.3 is 10.2 Å². The minimum Gasteiger partial charge on any atom is -0.332 e. The highest BCUT2D eigenvalue weighted by molar-refractivity contribution is 6.39. The van der Waals surface area contributed by atoms with Crippen LogP contribution in [0.2, 0.25) is 0 Å². The second kappa shape index (κ2) is 9.33. The molecule has 28 heavy (non-hydrogen) atoms. The van der Waals surface area contributed by atoms with E-state index in [1.165, 1.54) is 5.56 Å². The lowest BCUT2D eigenvalue weighted by Gasteiger charge is -2.33. The Balaban J connectivity index is 1.47. The first kappa shape index (κ1) is 19.8. The van der Waals surface area contributed by atoms with E-state index in [0.29, 0.717) is 18.8 Å². The maximum Gasteiger partial charge on any atom is 0.313 e. The molecule has 1 aliphatic heterocycles. The molecule has 1 saturated heterocycles. The Bertz CT molecular complexity index is 853. The average molecular weight is 377 g/mol. The predicted octanol–water partition coefficient (Wildman–Crippen LogP) is 3.10. The highest BCUT2D eigenvalue weighted by Gasteiger charge is 2.25. The van der Waals surface area contributed by atoms with E-state index in [1.54, 1.807) is 4.90 Å². The highest BCUT2D eigenvalue weighted by atomic mass is 16.2. The summed E-state index contributed by atoms with van der Waals surface area (Å²) >= 11 is 0. The third kappa shape index (κ3) is 5.30. The van der Waals surface area contributed by atoms with E-state index in [0.717, 1.165) is 30.8 Å². The van der Waals surface area contributed by atoms with Crippen LogP contribution in [0, 0.1) is 13.8 Å². The van der Waals surface area contributed by atoms with Crippen molar-refractivity contribution in [2.24, 2.45) is 0 Å². The minimum atomic E-state index is -0.564. The zero-order valence-electron chi connectivity index (χ0n) is 16.5. The van der Waals surface area contributed by atoms with Gasteiger partial charge in [-0.1, -0.05) is 54.6 Å². The standard InChI is InChI=1S/C23H27N3O2/c1-18-10-11-19(2)21(17-18)24-22(27)23(28)26-15-13-25(14-16-26)12-6-9-20-7-4-3-5-8-20/h3-11,17H,12-16H2,1-2H3,(H,24,27)/b9-6+. The molecule has 0 aromatic heterocycles. The number of piperazine rings is 1. The van der Waals surface area contributed by atoms with Crippen LogP contribution >= 0.6 is 0 Å². The van der Waals surface area contributed by atoms with Gasteiger partial charge in [-0.25, -0.2) is 0 Å². The monoisotopic (exact) mass is 377 g/mol. The number of hydrogen-bond acceptors (Lipinski definition) is 3. The first-order valence-electron chi connectivity index (χ1n) is 9.64.